The lowest BCUT2D eigenvalue weighted by Crippen LogP contribution is -2.39. The molecule has 2 aliphatic rings. The van der Waals surface area contributed by atoms with Crippen LogP contribution in [0.1, 0.15) is 26.2 Å². The number of fused-ring (bicyclic) bond motifs is 1. The molecule has 118 valence electrons. The van der Waals surface area contributed by atoms with Crippen LogP contribution in [-0.2, 0) is 14.6 Å². The van der Waals surface area contributed by atoms with Crippen LogP contribution in [0.3, 0.4) is 0 Å². The number of sulfone groups is 1. The third kappa shape index (κ3) is 2.75. The van der Waals surface area contributed by atoms with Gasteiger partial charge in [0, 0.05) is 16.7 Å². The first-order chi connectivity index (χ1) is 10.5. The summed E-state index contributed by atoms with van der Waals surface area (Å²) in [6.07, 6.45) is 1.94. The molecule has 1 heterocycles. The van der Waals surface area contributed by atoms with Gasteiger partial charge >= 0.3 is 0 Å². The molecule has 0 spiro atoms. The number of para-hydroxylation sites is 1. The molecule has 0 saturated carbocycles. The van der Waals surface area contributed by atoms with E-state index in [1.807, 2.05) is 37.3 Å². The summed E-state index contributed by atoms with van der Waals surface area (Å²) in [6, 6.07) is 9.37. The lowest BCUT2D eigenvalue weighted by Gasteiger charge is -2.29. The van der Waals surface area contributed by atoms with Gasteiger partial charge in [-0.1, -0.05) is 23.8 Å². The highest BCUT2D eigenvalue weighted by atomic mass is 32.2. The molecule has 0 aromatic heterocycles. The van der Waals surface area contributed by atoms with E-state index in [9.17, 15) is 13.2 Å². The van der Waals surface area contributed by atoms with Gasteiger partial charge in [-0.15, -0.1) is 0 Å². The second-order valence-corrected chi connectivity index (χ2v) is 8.06. The number of anilines is 1. The molecule has 1 fully saturated rings. The average Bonchev–Trinajstić information content (AvgIpc) is 2.83. The number of nitrogens with one attached hydrogen (secondary N) is 2. The van der Waals surface area contributed by atoms with E-state index in [0.29, 0.717) is 24.2 Å². The summed E-state index contributed by atoms with van der Waals surface area (Å²) in [5.41, 5.74) is 7.34. The highest BCUT2D eigenvalue weighted by Crippen LogP contribution is 2.44. The normalized spacial score (nSPS) is 26.4. The van der Waals surface area contributed by atoms with Crippen molar-refractivity contribution in [3.63, 3.8) is 0 Å². The van der Waals surface area contributed by atoms with E-state index in [1.165, 1.54) is 0 Å². The molecule has 2 N–H and O–H groups in total. The summed E-state index contributed by atoms with van der Waals surface area (Å²) in [4.78, 5) is 13.0. The minimum Gasteiger partial charge on any atom is -0.299 e. The predicted molar refractivity (Wildman–Crippen MR) is 85.5 cm³/mol. The first-order valence-corrected chi connectivity index (χ1v) is 9.17. The van der Waals surface area contributed by atoms with Gasteiger partial charge in [0.1, 0.15) is 0 Å². The van der Waals surface area contributed by atoms with Crippen molar-refractivity contribution in [1.29, 1.82) is 0 Å². The molecule has 1 aromatic rings. The molecule has 0 radical (unpaired) electrons. The third-order valence-corrected chi connectivity index (χ3v) is 6.64. The first kappa shape index (κ1) is 15.1. The monoisotopic (exact) mass is 320 g/mol. The third-order valence-electron chi connectivity index (χ3n) is 4.55. The van der Waals surface area contributed by atoms with Gasteiger partial charge in [-0.05, 0) is 38.3 Å². The SMILES string of the molecule is CC1=C2C(CCS2(=O)=O)C(C(=O)NNc2ccccc2)CC1. The van der Waals surface area contributed by atoms with Gasteiger partial charge in [0.05, 0.1) is 11.4 Å². The Bertz CT molecular complexity index is 710. The standard InChI is InChI=1S/C16H20N2O3S/c1-11-7-8-14(13-9-10-22(20,21)15(11)13)16(19)18-17-12-5-3-2-4-6-12/h2-6,13-14,17H,7-10H2,1H3,(H,18,19). The summed E-state index contributed by atoms with van der Waals surface area (Å²) in [5, 5.41) is 0. The average molecular weight is 320 g/mol. The summed E-state index contributed by atoms with van der Waals surface area (Å²) in [6.45, 7) is 1.88. The number of carbonyl (C=O) groups is 1. The van der Waals surface area contributed by atoms with Crippen molar-refractivity contribution in [3.8, 4) is 0 Å². The van der Waals surface area contributed by atoms with Crippen molar-refractivity contribution >= 4 is 21.4 Å². The molecule has 22 heavy (non-hydrogen) atoms. The van der Waals surface area contributed by atoms with E-state index < -0.39 is 9.84 Å². The Hall–Kier alpha value is -1.82. The molecular weight excluding hydrogens is 300 g/mol. The molecule has 3 rings (SSSR count). The minimum absolute atomic E-state index is 0.129. The number of amides is 1. The van der Waals surface area contributed by atoms with Crippen molar-refractivity contribution in [2.75, 3.05) is 11.2 Å². The Morgan fingerprint density at radius 1 is 1.18 bits per heavy atom. The molecule has 2 unspecified atom stereocenters. The van der Waals surface area contributed by atoms with Crippen LogP contribution in [0, 0.1) is 11.8 Å². The number of hydrazine groups is 1. The molecule has 1 aliphatic carbocycles. The largest absolute Gasteiger partial charge is 0.299 e. The van der Waals surface area contributed by atoms with Gasteiger partial charge in [-0.2, -0.15) is 0 Å². The Morgan fingerprint density at radius 2 is 1.91 bits per heavy atom. The maximum absolute atomic E-state index is 12.4. The van der Waals surface area contributed by atoms with Crippen LogP contribution < -0.4 is 10.9 Å². The van der Waals surface area contributed by atoms with Crippen LogP contribution in [0.25, 0.3) is 0 Å². The van der Waals surface area contributed by atoms with Crippen molar-refractivity contribution in [2.24, 2.45) is 11.8 Å². The zero-order chi connectivity index (χ0) is 15.7. The van der Waals surface area contributed by atoms with Crippen molar-refractivity contribution in [2.45, 2.75) is 26.2 Å². The molecule has 2 atom stereocenters. The van der Waals surface area contributed by atoms with Gasteiger partial charge in [0.25, 0.3) is 0 Å². The second-order valence-electron chi connectivity index (χ2n) is 5.98. The number of rotatable bonds is 3. The fourth-order valence-electron chi connectivity index (χ4n) is 3.48. The Kier molecular flexibility index (Phi) is 3.95. The fourth-order valence-corrected chi connectivity index (χ4v) is 5.64. The van der Waals surface area contributed by atoms with Crippen molar-refractivity contribution in [3.05, 3.63) is 40.8 Å². The number of carbonyl (C=O) groups excluding carboxylic acids is 1. The van der Waals surface area contributed by atoms with Crippen LogP contribution in [-0.4, -0.2) is 20.1 Å². The summed E-state index contributed by atoms with van der Waals surface area (Å²) >= 11 is 0. The van der Waals surface area contributed by atoms with Crippen LogP contribution >= 0.6 is 0 Å². The van der Waals surface area contributed by atoms with Gasteiger partial charge < -0.3 is 0 Å². The van der Waals surface area contributed by atoms with Crippen molar-refractivity contribution < 1.29 is 13.2 Å². The second kappa shape index (κ2) is 5.76. The quantitative estimate of drug-likeness (QED) is 0.838. The van der Waals surface area contributed by atoms with Gasteiger partial charge in [0.15, 0.2) is 9.84 Å². The highest BCUT2D eigenvalue weighted by Gasteiger charge is 2.44. The van der Waals surface area contributed by atoms with E-state index >= 15 is 0 Å². The number of hydrogen-bond donors (Lipinski definition) is 2. The first-order valence-electron chi connectivity index (χ1n) is 7.52. The zero-order valence-electron chi connectivity index (χ0n) is 12.5. The molecule has 1 amide bonds. The molecule has 0 bridgehead atoms. The molecule has 1 aromatic carbocycles. The van der Waals surface area contributed by atoms with Crippen molar-refractivity contribution in [1.82, 2.24) is 5.43 Å². The van der Waals surface area contributed by atoms with E-state index in [2.05, 4.69) is 10.9 Å². The maximum Gasteiger partial charge on any atom is 0.242 e. The topological polar surface area (TPSA) is 75.3 Å². The summed E-state index contributed by atoms with van der Waals surface area (Å²) in [7, 11) is -3.15. The summed E-state index contributed by atoms with van der Waals surface area (Å²) in [5.74, 6) is -0.389. The fraction of sp³-hybridized carbons (Fsp3) is 0.438. The van der Waals surface area contributed by atoms with Crippen LogP contribution in [0.15, 0.2) is 40.8 Å². The Labute approximate surface area is 130 Å². The Balaban J connectivity index is 1.72. The van der Waals surface area contributed by atoms with Crippen LogP contribution in [0.5, 0.6) is 0 Å². The molecule has 1 aliphatic heterocycles. The Morgan fingerprint density at radius 3 is 2.64 bits per heavy atom. The van der Waals surface area contributed by atoms with E-state index in [0.717, 1.165) is 11.3 Å². The van der Waals surface area contributed by atoms with Crippen LogP contribution in [0.2, 0.25) is 0 Å². The van der Waals surface area contributed by atoms with Gasteiger partial charge in [0.2, 0.25) is 5.91 Å². The van der Waals surface area contributed by atoms with Gasteiger partial charge in [-0.3, -0.25) is 15.6 Å². The van der Waals surface area contributed by atoms with Crippen LogP contribution in [0.4, 0.5) is 5.69 Å². The summed E-state index contributed by atoms with van der Waals surface area (Å²) < 4.78 is 24.3. The lowest BCUT2D eigenvalue weighted by molar-refractivity contribution is -0.126. The molecule has 5 nitrogen and oxygen atoms in total. The van der Waals surface area contributed by atoms with Gasteiger partial charge in [-0.25, -0.2) is 8.42 Å². The van der Waals surface area contributed by atoms with E-state index in [4.69, 9.17) is 0 Å². The van der Waals surface area contributed by atoms with E-state index in [-0.39, 0.29) is 23.5 Å². The molecule has 1 saturated heterocycles. The number of hydrogen-bond acceptors (Lipinski definition) is 4. The lowest BCUT2D eigenvalue weighted by atomic mass is 9.79. The number of allylic oxidation sites excluding steroid dienone is 2. The molecule has 6 heteroatoms. The maximum atomic E-state index is 12.4. The smallest absolute Gasteiger partial charge is 0.242 e. The highest BCUT2D eigenvalue weighted by molar-refractivity contribution is 7.95. The number of benzene rings is 1. The predicted octanol–water partition coefficient (Wildman–Crippen LogP) is 2.25. The zero-order valence-corrected chi connectivity index (χ0v) is 13.3. The minimum atomic E-state index is -3.15. The van der Waals surface area contributed by atoms with E-state index in [1.54, 1.807) is 0 Å². The molecular formula is C16H20N2O3S.